The summed E-state index contributed by atoms with van der Waals surface area (Å²) in [6, 6.07) is 1.94. The SMILES string of the molecule is CCNc1cc(C)nc(-c2csc(C)n2)n1. The van der Waals surface area contributed by atoms with Crippen LogP contribution in [0.1, 0.15) is 17.6 Å². The predicted molar refractivity (Wildman–Crippen MR) is 66.8 cm³/mol. The van der Waals surface area contributed by atoms with Crippen molar-refractivity contribution in [1.82, 2.24) is 15.0 Å². The molecule has 4 nitrogen and oxygen atoms in total. The number of nitrogens with one attached hydrogen (secondary N) is 1. The van der Waals surface area contributed by atoms with E-state index in [0.717, 1.165) is 28.8 Å². The van der Waals surface area contributed by atoms with Crippen molar-refractivity contribution < 1.29 is 0 Å². The summed E-state index contributed by atoms with van der Waals surface area (Å²) in [6.07, 6.45) is 0. The van der Waals surface area contributed by atoms with Gasteiger partial charge in [-0.3, -0.25) is 0 Å². The van der Waals surface area contributed by atoms with Gasteiger partial charge in [0.15, 0.2) is 5.82 Å². The molecule has 0 saturated heterocycles. The summed E-state index contributed by atoms with van der Waals surface area (Å²) in [5.74, 6) is 1.55. The van der Waals surface area contributed by atoms with Gasteiger partial charge in [0.2, 0.25) is 0 Å². The van der Waals surface area contributed by atoms with Gasteiger partial charge in [-0.1, -0.05) is 0 Å². The highest BCUT2D eigenvalue weighted by molar-refractivity contribution is 7.09. The van der Waals surface area contributed by atoms with Gasteiger partial charge in [-0.15, -0.1) is 11.3 Å². The Kier molecular flexibility index (Phi) is 3.14. The predicted octanol–water partition coefficient (Wildman–Crippen LogP) is 2.65. The second-order valence-electron chi connectivity index (χ2n) is 3.50. The van der Waals surface area contributed by atoms with Gasteiger partial charge < -0.3 is 5.32 Å². The molecule has 0 bridgehead atoms. The lowest BCUT2D eigenvalue weighted by Gasteiger charge is -2.04. The van der Waals surface area contributed by atoms with E-state index in [0.29, 0.717) is 5.82 Å². The normalized spacial score (nSPS) is 10.4. The van der Waals surface area contributed by atoms with Crippen molar-refractivity contribution >= 4 is 17.2 Å². The van der Waals surface area contributed by atoms with E-state index in [9.17, 15) is 0 Å². The Hall–Kier alpha value is -1.49. The van der Waals surface area contributed by atoms with Gasteiger partial charge in [0.25, 0.3) is 0 Å². The third-order valence-corrected chi connectivity index (χ3v) is 2.83. The molecule has 2 rings (SSSR count). The van der Waals surface area contributed by atoms with Crippen LogP contribution in [0.2, 0.25) is 0 Å². The molecule has 0 aromatic carbocycles. The second kappa shape index (κ2) is 4.57. The zero-order valence-corrected chi connectivity index (χ0v) is 10.4. The van der Waals surface area contributed by atoms with Gasteiger partial charge in [-0.2, -0.15) is 0 Å². The van der Waals surface area contributed by atoms with E-state index in [1.54, 1.807) is 11.3 Å². The number of nitrogens with zero attached hydrogens (tertiary/aromatic N) is 3. The minimum Gasteiger partial charge on any atom is -0.370 e. The van der Waals surface area contributed by atoms with Crippen molar-refractivity contribution in [1.29, 1.82) is 0 Å². The maximum Gasteiger partial charge on any atom is 0.181 e. The molecular weight excluding hydrogens is 220 g/mol. The van der Waals surface area contributed by atoms with E-state index in [4.69, 9.17) is 0 Å². The van der Waals surface area contributed by atoms with E-state index < -0.39 is 0 Å². The molecule has 0 aliphatic heterocycles. The van der Waals surface area contributed by atoms with Crippen molar-refractivity contribution in [2.75, 3.05) is 11.9 Å². The number of aromatic nitrogens is 3. The zero-order chi connectivity index (χ0) is 11.5. The van der Waals surface area contributed by atoms with Crippen molar-refractivity contribution in [3.8, 4) is 11.5 Å². The number of anilines is 1. The molecule has 0 aliphatic carbocycles. The minimum absolute atomic E-state index is 0.695. The molecule has 0 unspecified atom stereocenters. The van der Waals surface area contributed by atoms with Crippen LogP contribution in [0.25, 0.3) is 11.5 Å². The first-order chi connectivity index (χ1) is 7.69. The number of hydrogen-bond donors (Lipinski definition) is 1. The smallest absolute Gasteiger partial charge is 0.181 e. The lowest BCUT2D eigenvalue weighted by molar-refractivity contribution is 1.07. The fraction of sp³-hybridized carbons (Fsp3) is 0.364. The molecule has 0 fully saturated rings. The van der Waals surface area contributed by atoms with Gasteiger partial charge in [0.1, 0.15) is 11.5 Å². The van der Waals surface area contributed by atoms with Crippen LogP contribution in [0.15, 0.2) is 11.4 Å². The van der Waals surface area contributed by atoms with Gasteiger partial charge >= 0.3 is 0 Å². The van der Waals surface area contributed by atoms with E-state index in [-0.39, 0.29) is 0 Å². The van der Waals surface area contributed by atoms with E-state index in [1.807, 2.05) is 32.2 Å². The van der Waals surface area contributed by atoms with E-state index >= 15 is 0 Å². The number of thiazole rings is 1. The molecule has 5 heteroatoms. The molecule has 1 N–H and O–H groups in total. The average molecular weight is 234 g/mol. The standard InChI is InChI=1S/C11H14N4S/c1-4-12-10-5-7(2)13-11(15-10)9-6-16-8(3)14-9/h5-6H,4H2,1-3H3,(H,12,13,15). The summed E-state index contributed by atoms with van der Waals surface area (Å²) in [7, 11) is 0. The average Bonchev–Trinajstić information content (AvgIpc) is 2.64. The first kappa shape index (κ1) is 11.0. The third kappa shape index (κ3) is 2.36. The topological polar surface area (TPSA) is 50.7 Å². The Morgan fingerprint density at radius 3 is 2.69 bits per heavy atom. The van der Waals surface area contributed by atoms with Crippen molar-refractivity contribution in [2.45, 2.75) is 20.8 Å². The van der Waals surface area contributed by atoms with Gasteiger partial charge in [-0.05, 0) is 20.8 Å². The van der Waals surface area contributed by atoms with Crippen molar-refractivity contribution in [3.63, 3.8) is 0 Å². The van der Waals surface area contributed by atoms with Crippen LogP contribution in [0, 0.1) is 13.8 Å². The molecule has 0 amide bonds. The van der Waals surface area contributed by atoms with E-state index in [1.165, 1.54) is 0 Å². The third-order valence-electron chi connectivity index (χ3n) is 2.06. The summed E-state index contributed by atoms with van der Waals surface area (Å²) < 4.78 is 0. The zero-order valence-electron chi connectivity index (χ0n) is 9.61. The summed E-state index contributed by atoms with van der Waals surface area (Å²) >= 11 is 1.61. The molecule has 0 aliphatic rings. The monoisotopic (exact) mass is 234 g/mol. The fourth-order valence-corrected chi connectivity index (χ4v) is 2.01. The van der Waals surface area contributed by atoms with Crippen LogP contribution >= 0.6 is 11.3 Å². The minimum atomic E-state index is 0.695. The summed E-state index contributed by atoms with van der Waals surface area (Å²) in [5, 5.41) is 6.21. The van der Waals surface area contributed by atoms with Gasteiger partial charge in [0.05, 0.1) is 5.01 Å². The highest BCUT2D eigenvalue weighted by Gasteiger charge is 2.07. The summed E-state index contributed by atoms with van der Waals surface area (Å²) in [4.78, 5) is 13.2. The van der Waals surface area contributed by atoms with Crippen LogP contribution < -0.4 is 5.32 Å². The fourth-order valence-electron chi connectivity index (χ4n) is 1.42. The second-order valence-corrected chi connectivity index (χ2v) is 4.56. The maximum absolute atomic E-state index is 4.43. The molecular formula is C11H14N4S. The van der Waals surface area contributed by atoms with Gasteiger partial charge in [-0.25, -0.2) is 15.0 Å². The Morgan fingerprint density at radius 1 is 1.25 bits per heavy atom. The first-order valence-corrected chi connectivity index (χ1v) is 6.09. The highest BCUT2D eigenvalue weighted by Crippen LogP contribution is 2.19. The molecule has 2 aromatic rings. The largest absolute Gasteiger partial charge is 0.370 e. The van der Waals surface area contributed by atoms with Crippen molar-refractivity contribution in [2.24, 2.45) is 0 Å². The molecule has 0 atom stereocenters. The van der Waals surface area contributed by atoms with Crippen molar-refractivity contribution in [3.05, 3.63) is 22.1 Å². The highest BCUT2D eigenvalue weighted by atomic mass is 32.1. The number of rotatable bonds is 3. The molecule has 16 heavy (non-hydrogen) atoms. The number of aryl methyl sites for hydroxylation is 2. The van der Waals surface area contributed by atoms with Crippen LogP contribution in [-0.4, -0.2) is 21.5 Å². The van der Waals surface area contributed by atoms with Crippen LogP contribution in [0.4, 0.5) is 5.82 Å². The quantitative estimate of drug-likeness (QED) is 0.887. The maximum atomic E-state index is 4.43. The molecule has 2 aromatic heterocycles. The molecule has 0 spiro atoms. The lowest BCUT2D eigenvalue weighted by Crippen LogP contribution is -2.02. The Labute approximate surface area is 98.8 Å². The molecule has 0 radical (unpaired) electrons. The Balaban J connectivity index is 2.40. The molecule has 0 saturated carbocycles. The van der Waals surface area contributed by atoms with Crippen LogP contribution in [0.5, 0.6) is 0 Å². The Bertz CT molecular complexity index is 492. The summed E-state index contributed by atoms with van der Waals surface area (Å²) in [6.45, 7) is 6.84. The van der Waals surface area contributed by atoms with Gasteiger partial charge in [0, 0.05) is 23.7 Å². The molecule has 2 heterocycles. The van der Waals surface area contributed by atoms with E-state index in [2.05, 4.69) is 20.3 Å². The lowest BCUT2D eigenvalue weighted by atomic mass is 10.3. The first-order valence-electron chi connectivity index (χ1n) is 5.21. The van der Waals surface area contributed by atoms with Crippen LogP contribution in [0.3, 0.4) is 0 Å². The number of hydrogen-bond acceptors (Lipinski definition) is 5. The Morgan fingerprint density at radius 2 is 2.06 bits per heavy atom. The summed E-state index contributed by atoms with van der Waals surface area (Å²) in [5.41, 5.74) is 1.80. The van der Waals surface area contributed by atoms with Crippen LogP contribution in [-0.2, 0) is 0 Å². The molecule has 84 valence electrons.